The molecule has 0 bridgehead atoms. The molecule has 0 radical (unpaired) electrons. The molecule has 3 atom stereocenters. The van der Waals surface area contributed by atoms with Crippen LogP contribution in [0.5, 0.6) is 0 Å². The molecule has 0 heterocycles. The highest BCUT2D eigenvalue weighted by atomic mass is 35.5. The molecule has 0 aliphatic heterocycles. The lowest BCUT2D eigenvalue weighted by Gasteiger charge is -2.19. The molecule has 0 spiro atoms. The molecule has 1 saturated carbocycles. The van der Waals surface area contributed by atoms with Crippen LogP contribution in [0, 0.1) is 11.3 Å². The second kappa shape index (κ2) is 5.44. The number of hydrogen-bond acceptors (Lipinski definition) is 2. The number of benzene rings is 1. The largest absolute Gasteiger partial charge is 0.481 e. The maximum atomic E-state index is 12.2. The summed E-state index contributed by atoms with van der Waals surface area (Å²) in [6.45, 7) is 3.70. The van der Waals surface area contributed by atoms with Crippen LogP contribution in [0.1, 0.15) is 37.0 Å². The number of carbonyl (C=O) groups is 2. The molecule has 4 nitrogen and oxygen atoms in total. The molecule has 1 aromatic rings. The highest BCUT2D eigenvalue weighted by molar-refractivity contribution is 6.30. The number of nitrogens with one attached hydrogen (secondary N) is 1. The lowest BCUT2D eigenvalue weighted by atomic mass is 9.88. The van der Waals surface area contributed by atoms with E-state index >= 15 is 0 Å². The van der Waals surface area contributed by atoms with Crippen LogP contribution in [0.15, 0.2) is 24.3 Å². The summed E-state index contributed by atoms with van der Waals surface area (Å²) >= 11 is 5.86. The van der Waals surface area contributed by atoms with Gasteiger partial charge in [-0.05, 0) is 43.9 Å². The van der Waals surface area contributed by atoms with Gasteiger partial charge in [0.1, 0.15) is 0 Å². The monoisotopic (exact) mass is 295 g/mol. The third kappa shape index (κ3) is 2.96. The lowest BCUT2D eigenvalue weighted by Crippen LogP contribution is -2.37. The molecule has 5 heteroatoms. The van der Waals surface area contributed by atoms with Gasteiger partial charge in [0.25, 0.3) is 5.91 Å². The maximum Gasteiger partial charge on any atom is 0.309 e. The molecular formula is C15H18ClNO3. The second-order valence-electron chi connectivity index (χ2n) is 5.84. The Bertz CT molecular complexity index is 546. The van der Waals surface area contributed by atoms with Crippen molar-refractivity contribution in [3.63, 3.8) is 0 Å². The Morgan fingerprint density at radius 3 is 2.65 bits per heavy atom. The average molecular weight is 296 g/mol. The molecule has 20 heavy (non-hydrogen) atoms. The van der Waals surface area contributed by atoms with E-state index in [-0.39, 0.29) is 17.9 Å². The van der Waals surface area contributed by atoms with Gasteiger partial charge in [-0.25, -0.2) is 0 Å². The van der Waals surface area contributed by atoms with E-state index in [1.54, 1.807) is 31.2 Å². The third-order valence-electron chi connectivity index (χ3n) is 4.05. The molecule has 2 rings (SSSR count). The summed E-state index contributed by atoms with van der Waals surface area (Å²) in [7, 11) is 0. The minimum atomic E-state index is -0.802. The summed E-state index contributed by atoms with van der Waals surface area (Å²) in [4.78, 5) is 23.4. The zero-order valence-electron chi connectivity index (χ0n) is 11.5. The van der Waals surface area contributed by atoms with Crippen LogP contribution < -0.4 is 5.32 Å². The Labute approximate surface area is 123 Å². The van der Waals surface area contributed by atoms with Crippen LogP contribution in [-0.2, 0) is 4.79 Å². The first kappa shape index (κ1) is 14.9. The molecule has 1 aliphatic rings. The maximum absolute atomic E-state index is 12.2. The first-order valence-corrected chi connectivity index (χ1v) is 6.99. The molecular weight excluding hydrogens is 278 g/mol. The highest BCUT2D eigenvalue weighted by Gasteiger charge is 2.45. The van der Waals surface area contributed by atoms with Crippen molar-refractivity contribution in [1.29, 1.82) is 0 Å². The van der Waals surface area contributed by atoms with Crippen molar-refractivity contribution in [2.45, 2.75) is 32.7 Å². The van der Waals surface area contributed by atoms with Gasteiger partial charge in [-0.1, -0.05) is 24.6 Å². The van der Waals surface area contributed by atoms with Crippen LogP contribution in [0.4, 0.5) is 0 Å². The topological polar surface area (TPSA) is 66.4 Å². The van der Waals surface area contributed by atoms with E-state index in [2.05, 4.69) is 5.32 Å². The van der Waals surface area contributed by atoms with E-state index in [4.69, 9.17) is 11.6 Å². The Morgan fingerprint density at radius 1 is 1.40 bits per heavy atom. The number of amides is 1. The first-order valence-electron chi connectivity index (χ1n) is 6.62. The number of hydrogen-bond donors (Lipinski definition) is 2. The summed E-state index contributed by atoms with van der Waals surface area (Å²) in [5.41, 5.74) is -0.264. The normalized spacial score (nSPS) is 29.1. The minimum Gasteiger partial charge on any atom is -0.481 e. The Balaban J connectivity index is 2.07. The van der Waals surface area contributed by atoms with Crippen molar-refractivity contribution in [1.82, 2.24) is 5.32 Å². The molecule has 0 saturated heterocycles. The van der Waals surface area contributed by atoms with E-state index in [1.165, 1.54) is 0 Å². The smallest absolute Gasteiger partial charge is 0.309 e. The van der Waals surface area contributed by atoms with E-state index in [9.17, 15) is 14.7 Å². The first-order chi connectivity index (χ1) is 9.32. The van der Waals surface area contributed by atoms with E-state index in [0.717, 1.165) is 0 Å². The predicted octanol–water partition coefficient (Wildman–Crippen LogP) is 2.96. The van der Waals surface area contributed by atoms with E-state index in [0.29, 0.717) is 23.4 Å². The second-order valence-corrected chi connectivity index (χ2v) is 6.28. The number of halogens is 1. The number of carboxylic acids is 1. The van der Waals surface area contributed by atoms with Crippen LogP contribution >= 0.6 is 11.6 Å². The van der Waals surface area contributed by atoms with Crippen molar-refractivity contribution in [3.8, 4) is 0 Å². The van der Waals surface area contributed by atoms with Crippen LogP contribution in [0.25, 0.3) is 0 Å². The summed E-state index contributed by atoms with van der Waals surface area (Å²) in [5.74, 6) is -0.873. The van der Waals surface area contributed by atoms with Crippen molar-refractivity contribution in [3.05, 3.63) is 34.9 Å². The lowest BCUT2D eigenvalue weighted by molar-refractivity contribution is -0.147. The summed E-state index contributed by atoms with van der Waals surface area (Å²) in [6, 6.07) is 6.60. The number of aliphatic carboxylic acids is 1. The van der Waals surface area contributed by atoms with Crippen LogP contribution in [-0.4, -0.2) is 23.0 Å². The van der Waals surface area contributed by atoms with Crippen molar-refractivity contribution in [2.75, 3.05) is 0 Å². The SMILES string of the molecule is CC1CC(C)(C(=O)O)C[C@@H]1NC(=O)c1cccc(Cl)c1. The van der Waals surface area contributed by atoms with Gasteiger partial charge < -0.3 is 10.4 Å². The van der Waals surface area contributed by atoms with Gasteiger partial charge in [-0.2, -0.15) is 0 Å². The third-order valence-corrected chi connectivity index (χ3v) is 4.28. The summed E-state index contributed by atoms with van der Waals surface area (Å²) < 4.78 is 0. The van der Waals surface area contributed by atoms with Gasteiger partial charge in [0, 0.05) is 16.6 Å². The summed E-state index contributed by atoms with van der Waals surface area (Å²) in [5, 5.41) is 12.7. The molecule has 1 aromatic carbocycles. The van der Waals surface area contributed by atoms with E-state index in [1.807, 2.05) is 6.92 Å². The van der Waals surface area contributed by atoms with Crippen molar-refractivity contribution >= 4 is 23.5 Å². The average Bonchev–Trinajstić information content (AvgIpc) is 2.65. The van der Waals surface area contributed by atoms with Gasteiger partial charge in [-0.3, -0.25) is 9.59 Å². The van der Waals surface area contributed by atoms with Crippen LogP contribution in [0.3, 0.4) is 0 Å². The van der Waals surface area contributed by atoms with Gasteiger partial charge in [0.2, 0.25) is 0 Å². The zero-order chi connectivity index (χ0) is 14.9. The fourth-order valence-electron chi connectivity index (χ4n) is 2.87. The van der Waals surface area contributed by atoms with Gasteiger partial charge in [-0.15, -0.1) is 0 Å². The summed E-state index contributed by atoms with van der Waals surface area (Å²) in [6.07, 6.45) is 1.03. The minimum absolute atomic E-state index is 0.123. The molecule has 2 N–H and O–H groups in total. The Kier molecular flexibility index (Phi) is 4.04. The van der Waals surface area contributed by atoms with Crippen LogP contribution in [0.2, 0.25) is 5.02 Å². The molecule has 1 aliphatic carbocycles. The molecule has 1 amide bonds. The van der Waals surface area contributed by atoms with Crippen molar-refractivity contribution < 1.29 is 14.7 Å². The molecule has 2 unspecified atom stereocenters. The zero-order valence-corrected chi connectivity index (χ0v) is 12.3. The molecule has 1 fully saturated rings. The standard InChI is InChI=1S/C15H18ClNO3/c1-9-7-15(2,14(19)20)8-12(9)17-13(18)10-4-3-5-11(16)6-10/h3-6,9,12H,7-8H2,1-2H3,(H,17,18)(H,19,20)/t9?,12-,15?/m0/s1. The predicted molar refractivity (Wildman–Crippen MR) is 76.8 cm³/mol. The number of carboxylic acid groups (broad SMARTS) is 1. The van der Waals surface area contributed by atoms with Gasteiger partial charge in [0.15, 0.2) is 0 Å². The fourth-order valence-corrected chi connectivity index (χ4v) is 3.06. The van der Waals surface area contributed by atoms with Crippen molar-refractivity contribution in [2.24, 2.45) is 11.3 Å². The Hall–Kier alpha value is -1.55. The Morgan fingerprint density at radius 2 is 2.10 bits per heavy atom. The number of rotatable bonds is 3. The molecule has 108 valence electrons. The highest BCUT2D eigenvalue weighted by Crippen LogP contribution is 2.41. The van der Waals surface area contributed by atoms with Gasteiger partial charge >= 0.3 is 5.97 Å². The molecule has 0 aromatic heterocycles. The van der Waals surface area contributed by atoms with Gasteiger partial charge in [0.05, 0.1) is 5.41 Å². The number of carbonyl (C=O) groups excluding carboxylic acids is 1. The fraction of sp³-hybridized carbons (Fsp3) is 0.467. The van der Waals surface area contributed by atoms with E-state index < -0.39 is 11.4 Å². The quantitative estimate of drug-likeness (QED) is 0.901.